The monoisotopic (exact) mass is 464 g/mol. The lowest BCUT2D eigenvalue weighted by molar-refractivity contribution is 0.0929. The Hall–Kier alpha value is -3.52. The summed E-state index contributed by atoms with van der Waals surface area (Å²) in [7, 11) is 0. The molecule has 1 atom stereocenters. The molecule has 3 heterocycles. The Balaban J connectivity index is 1.83. The van der Waals surface area contributed by atoms with E-state index >= 15 is 0 Å². The number of nitrogens with one attached hydrogen (secondary N) is 1. The molecule has 1 saturated heterocycles. The molecule has 0 spiro atoms. The molecule has 2 aromatic heterocycles. The third kappa shape index (κ3) is 6.99. The van der Waals surface area contributed by atoms with Crippen molar-refractivity contribution < 1.29 is 19.0 Å². The van der Waals surface area contributed by atoms with Gasteiger partial charge in [-0.2, -0.15) is 0 Å². The molecule has 180 valence electrons. The van der Waals surface area contributed by atoms with Crippen LogP contribution < -0.4 is 14.8 Å². The highest BCUT2D eigenvalue weighted by molar-refractivity contribution is 5.94. The molecule has 0 radical (unpaired) electrons. The molecule has 8 nitrogen and oxygen atoms in total. The van der Waals surface area contributed by atoms with E-state index in [0.29, 0.717) is 48.6 Å². The van der Waals surface area contributed by atoms with Crippen LogP contribution in [-0.2, 0) is 4.74 Å². The van der Waals surface area contributed by atoms with Crippen molar-refractivity contribution in [3.8, 4) is 11.6 Å². The van der Waals surface area contributed by atoms with Gasteiger partial charge in [-0.05, 0) is 57.9 Å². The molecule has 1 N–H and O–H groups in total. The van der Waals surface area contributed by atoms with E-state index in [-0.39, 0.29) is 11.9 Å². The van der Waals surface area contributed by atoms with Crippen molar-refractivity contribution in [1.29, 1.82) is 0 Å². The maximum atomic E-state index is 12.5. The van der Waals surface area contributed by atoms with Crippen molar-refractivity contribution in [2.24, 2.45) is 0 Å². The van der Waals surface area contributed by atoms with Crippen LogP contribution in [0.3, 0.4) is 0 Å². The number of rotatable bonds is 10. The van der Waals surface area contributed by atoms with Crippen molar-refractivity contribution in [3.05, 3.63) is 71.7 Å². The van der Waals surface area contributed by atoms with E-state index in [1.54, 1.807) is 12.3 Å². The first-order chi connectivity index (χ1) is 16.5. The van der Waals surface area contributed by atoms with Gasteiger partial charge in [0.2, 0.25) is 0 Å². The molecule has 0 saturated carbocycles. The van der Waals surface area contributed by atoms with Gasteiger partial charge < -0.3 is 19.5 Å². The maximum Gasteiger partial charge on any atom is 0.262 e. The molecule has 8 heteroatoms. The largest absolute Gasteiger partial charge is 0.488 e. The summed E-state index contributed by atoms with van der Waals surface area (Å²) in [5.41, 5.74) is 2.29. The Labute approximate surface area is 200 Å². The van der Waals surface area contributed by atoms with Crippen LogP contribution in [0.1, 0.15) is 56.7 Å². The van der Waals surface area contributed by atoms with Gasteiger partial charge >= 0.3 is 0 Å². The topological polar surface area (TPSA) is 95.5 Å². The fourth-order valence-electron chi connectivity index (χ4n) is 3.22. The Morgan fingerprint density at radius 3 is 2.68 bits per heavy atom. The number of allylic oxidation sites excluding steroid dienone is 5. The zero-order valence-corrected chi connectivity index (χ0v) is 20.2. The average Bonchev–Trinajstić information content (AvgIpc) is 3.36. The number of carbonyl (C=O) groups is 1. The first kappa shape index (κ1) is 25.1. The van der Waals surface area contributed by atoms with E-state index in [1.165, 1.54) is 12.4 Å². The van der Waals surface area contributed by atoms with Gasteiger partial charge in [-0.1, -0.05) is 18.6 Å². The minimum atomic E-state index is -0.205. The van der Waals surface area contributed by atoms with E-state index in [9.17, 15) is 4.79 Å². The second kappa shape index (κ2) is 12.6. The molecule has 0 unspecified atom stereocenters. The Kier molecular flexibility index (Phi) is 9.34. The molecule has 2 aromatic rings. The molecule has 3 rings (SSSR count). The third-order valence-electron chi connectivity index (χ3n) is 5.24. The molecule has 0 aromatic carbocycles. The molecular formula is C26H32N4O4. The molecular weight excluding hydrogens is 432 g/mol. The SMILES string of the molecule is C/C=C(\C=C(/C=C(C)CC)Oc1ncccc1OCC)c1ncc(C(=O)N[C@H]2CCOC2)cn1. The van der Waals surface area contributed by atoms with E-state index < -0.39 is 0 Å². The number of pyridine rings is 1. The molecule has 1 aliphatic rings. The first-order valence-electron chi connectivity index (χ1n) is 11.6. The van der Waals surface area contributed by atoms with E-state index in [4.69, 9.17) is 14.2 Å². The summed E-state index contributed by atoms with van der Waals surface area (Å²) < 4.78 is 17.1. The lowest BCUT2D eigenvalue weighted by Crippen LogP contribution is -2.35. The standard InChI is InChI=1S/C26H32N4O4/c1-5-18(4)13-22(34-26-23(33-7-3)9-8-11-27-26)14-19(6-2)24-28-15-20(16-29-24)25(31)30-21-10-12-32-17-21/h6,8-9,11,13-16,21H,5,7,10,12,17H2,1-4H3,(H,30,31)/b18-13?,19-6+,22-14+/t21-/m0/s1. The normalized spacial score (nSPS) is 16.9. The number of carbonyl (C=O) groups excluding carboxylic acids is 1. The van der Waals surface area contributed by atoms with Crippen LogP contribution in [-0.4, -0.2) is 46.7 Å². The summed E-state index contributed by atoms with van der Waals surface area (Å²) in [6.07, 6.45) is 12.1. The van der Waals surface area contributed by atoms with Crippen LogP contribution in [0.25, 0.3) is 5.57 Å². The second-order valence-electron chi connectivity index (χ2n) is 7.81. The van der Waals surface area contributed by atoms with E-state index in [0.717, 1.165) is 24.0 Å². The number of hydrogen-bond donors (Lipinski definition) is 1. The second-order valence-corrected chi connectivity index (χ2v) is 7.81. The van der Waals surface area contributed by atoms with Crippen LogP contribution in [0.5, 0.6) is 11.6 Å². The van der Waals surface area contributed by atoms with Gasteiger partial charge in [-0.15, -0.1) is 0 Å². The number of aromatic nitrogens is 3. The minimum Gasteiger partial charge on any atom is -0.488 e. The Morgan fingerprint density at radius 2 is 2.03 bits per heavy atom. The summed E-state index contributed by atoms with van der Waals surface area (Å²) in [5, 5.41) is 2.94. The number of amides is 1. The molecule has 1 amide bonds. The summed E-state index contributed by atoms with van der Waals surface area (Å²) in [4.78, 5) is 25.6. The molecule has 34 heavy (non-hydrogen) atoms. The summed E-state index contributed by atoms with van der Waals surface area (Å²) in [5.74, 6) is 1.82. The van der Waals surface area contributed by atoms with Crippen molar-refractivity contribution in [2.45, 2.75) is 46.6 Å². The quantitative estimate of drug-likeness (QED) is 0.408. The summed E-state index contributed by atoms with van der Waals surface area (Å²) >= 11 is 0. The maximum absolute atomic E-state index is 12.5. The zero-order chi connectivity index (χ0) is 24.3. The molecule has 1 fully saturated rings. The lowest BCUT2D eigenvalue weighted by atomic mass is 10.1. The third-order valence-corrected chi connectivity index (χ3v) is 5.24. The fraction of sp³-hybridized carbons (Fsp3) is 0.385. The van der Waals surface area contributed by atoms with Crippen molar-refractivity contribution in [3.63, 3.8) is 0 Å². The highest BCUT2D eigenvalue weighted by Crippen LogP contribution is 2.27. The smallest absolute Gasteiger partial charge is 0.262 e. The predicted octanol–water partition coefficient (Wildman–Crippen LogP) is 4.51. The minimum absolute atomic E-state index is 0.0303. The van der Waals surface area contributed by atoms with Crippen LogP contribution in [0.15, 0.2) is 60.3 Å². The lowest BCUT2D eigenvalue weighted by Gasteiger charge is -2.12. The number of hydrogen-bond acceptors (Lipinski definition) is 7. The Bertz CT molecular complexity index is 1050. The number of nitrogens with zero attached hydrogens (tertiary/aromatic N) is 3. The van der Waals surface area contributed by atoms with Crippen LogP contribution in [0, 0.1) is 0 Å². The molecule has 0 aliphatic carbocycles. The van der Waals surface area contributed by atoms with Crippen LogP contribution in [0.4, 0.5) is 0 Å². The summed E-state index contributed by atoms with van der Waals surface area (Å²) in [6, 6.07) is 3.65. The molecule has 0 bridgehead atoms. The average molecular weight is 465 g/mol. The van der Waals surface area contributed by atoms with Gasteiger partial charge in [0.15, 0.2) is 11.6 Å². The predicted molar refractivity (Wildman–Crippen MR) is 131 cm³/mol. The summed E-state index contributed by atoms with van der Waals surface area (Å²) in [6.45, 7) is 9.63. The van der Waals surface area contributed by atoms with Crippen molar-refractivity contribution >= 4 is 11.5 Å². The van der Waals surface area contributed by atoms with E-state index in [2.05, 4.69) is 27.2 Å². The van der Waals surface area contributed by atoms with Gasteiger partial charge in [-0.3, -0.25) is 4.79 Å². The van der Waals surface area contributed by atoms with Crippen molar-refractivity contribution in [1.82, 2.24) is 20.3 Å². The van der Waals surface area contributed by atoms with Crippen molar-refractivity contribution in [2.75, 3.05) is 19.8 Å². The first-order valence-corrected chi connectivity index (χ1v) is 11.6. The highest BCUT2D eigenvalue weighted by atomic mass is 16.5. The van der Waals surface area contributed by atoms with Gasteiger partial charge in [-0.25, -0.2) is 15.0 Å². The fourth-order valence-corrected chi connectivity index (χ4v) is 3.22. The van der Waals surface area contributed by atoms with E-state index in [1.807, 2.05) is 45.1 Å². The van der Waals surface area contributed by atoms with Crippen LogP contribution in [0.2, 0.25) is 0 Å². The number of ether oxygens (including phenoxy) is 3. The van der Waals surface area contributed by atoms with Gasteiger partial charge in [0.05, 0.1) is 24.8 Å². The Morgan fingerprint density at radius 1 is 1.24 bits per heavy atom. The highest BCUT2D eigenvalue weighted by Gasteiger charge is 2.19. The molecule has 1 aliphatic heterocycles. The zero-order valence-electron chi connectivity index (χ0n) is 20.2. The van der Waals surface area contributed by atoms with Gasteiger partial charge in [0.1, 0.15) is 5.76 Å². The van der Waals surface area contributed by atoms with Gasteiger partial charge in [0, 0.05) is 30.8 Å². The van der Waals surface area contributed by atoms with Gasteiger partial charge in [0.25, 0.3) is 11.8 Å². The van der Waals surface area contributed by atoms with Crippen LogP contribution >= 0.6 is 0 Å².